The smallest absolute Gasteiger partial charge is 0.159 e. The van der Waals surface area contributed by atoms with Gasteiger partial charge in [0.1, 0.15) is 0 Å². The second kappa shape index (κ2) is 6.05. The highest BCUT2D eigenvalue weighted by atomic mass is 19.2. The molecule has 0 bridgehead atoms. The van der Waals surface area contributed by atoms with E-state index in [2.05, 4.69) is 15.5 Å². The van der Waals surface area contributed by atoms with Crippen LogP contribution in [0.4, 0.5) is 8.78 Å². The van der Waals surface area contributed by atoms with Crippen molar-refractivity contribution < 1.29 is 8.78 Å². The Balaban J connectivity index is 2.28. The molecule has 5 heteroatoms. The monoisotopic (exact) mass is 277 g/mol. The predicted molar refractivity (Wildman–Crippen MR) is 73.4 cm³/mol. The van der Waals surface area contributed by atoms with E-state index in [9.17, 15) is 8.78 Å². The third-order valence-corrected chi connectivity index (χ3v) is 3.29. The molecule has 1 N–H and O–H groups in total. The summed E-state index contributed by atoms with van der Waals surface area (Å²) in [5, 5.41) is 11.3. The Bertz CT molecular complexity index is 614. The number of likely N-dealkylation sites (N-methyl/N-ethyl adjacent to an activating group) is 1. The first-order valence-electron chi connectivity index (χ1n) is 6.43. The van der Waals surface area contributed by atoms with Gasteiger partial charge in [0.15, 0.2) is 11.6 Å². The second-order valence-electron chi connectivity index (χ2n) is 4.82. The largest absolute Gasteiger partial charge is 0.313 e. The number of aromatic nitrogens is 2. The van der Waals surface area contributed by atoms with Crippen LogP contribution in [0.3, 0.4) is 0 Å². The van der Waals surface area contributed by atoms with Crippen LogP contribution in [-0.2, 0) is 6.42 Å². The summed E-state index contributed by atoms with van der Waals surface area (Å²) in [4.78, 5) is 0. The maximum absolute atomic E-state index is 13.3. The highest BCUT2D eigenvalue weighted by Crippen LogP contribution is 2.21. The molecule has 1 atom stereocenters. The lowest BCUT2D eigenvalue weighted by Gasteiger charge is -2.18. The first-order valence-corrected chi connectivity index (χ1v) is 6.43. The molecular weight excluding hydrogens is 260 g/mol. The van der Waals surface area contributed by atoms with Gasteiger partial charge in [-0.05, 0) is 56.6 Å². The molecule has 2 aromatic rings. The quantitative estimate of drug-likeness (QED) is 0.933. The third-order valence-electron chi connectivity index (χ3n) is 3.29. The van der Waals surface area contributed by atoms with Crippen molar-refractivity contribution in [3.05, 3.63) is 58.4 Å². The summed E-state index contributed by atoms with van der Waals surface area (Å²) in [5.41, 5.74) is 3.41. The van der Waals surface area contributed by atoms with Crippen LogP contribution in [0, 0.1) is 25.5 Å². The summed E-state index contributed by atoms with van der Waals surface area (Å²) < 4.78 is 26.2. The van der Waals surface area contributed by atoms with Crippen molar-refractivity contribution in [1.82, 2.24) is 15.5 Å². The van der Waals surface area contributed by atoms with Crippen molar-refractivity contribution in [3.63, 3.8) is 0 Å². The average Bonchev–Trinajstić information content (AvgIpc) is 2.43. The zero-order valence-corrected chi connectivity index (χ0v) is 11.7. The van der Waals surface area contributed by atoms with Gasteiger partial charge >= 0.3 is 0 Å². The Kier molecular flexibility index (Phi) is 4.39. The first-order chi connectivity index (χ1) is 9.51. The van der Waals surface area contributed by atoms with E-state index in [1.807, 2.05) is 27.0 Å². The topological polar surface area (TPSA) is 37.8 Å². The number of rotatable bonds is 4. The number of aryl methyl sites for hydroxylation is 2. The molecule has 1 aromatic carbocycles. The molecule has 1 unspecified atom stereocenters. The Labute approximate surface area is 117 Å². The van der Waals surface area contributed by atoms with Gasteiger partial charge < -0.3 is 5.32 Å². The van der Waals surface area contributed by atoms with Crippen molar-refractivity contribution in [2.45, 2.75) is 26.3 Å². The number of nitrogens with zero attached hydrogens (tertiary/aromatic N) is 2. The Morgan fingerprint density at radius 3 is 2.50 bits per heavy atom. The van der Waals surface area contributed by atoms with E-state index in [1.54, 1.807) is 6.07 Å². The summed E-state index contributed by atoms with van der Waals surface area (Å²) >= 11 is 0. The van der Waals surface area contributed by atoms with Gasteiger partial charge in [-0.1, -0.05) is 6.07 Å². The molecule has 3 nitrogen and oxygen atoms in total. The number of benzene rings is 1. The molecular formula is C15H17F2N3. The van der Waals surface area contributed by atoms with E-state index in [-0.39, 0.29) is 6.04 Å². The minimum atomic E-state index is -0.827. The molecule has 0 radical (unpaired) electrons. The lowest BCUT2D eigenvalue weighted by atomic mass is 9.98. The van der Waals surface area contributed by atoms with Gasteiger partial charge in [0.05, 0.1) is 11.4 Å². The molecule has 1 heterocycles. The van der Waals surface area contributed by atoms with Crippen LogP contribution in [-0.4, -0.2) is 17.2 Å². The third kappa shape index (κ3) is 3.17. The van der Waals surface area contributed by atoms with Gasteiger partial charge in [-0.3, -0.25) is 0 Å². The zero-order chi connectivity index (χ0) is 14.7. The Morgan fingerprint density at radius 1 is 1.10 bits per heavy atom. The van der Waals surface area contributed by atoms with Gasteiger partial charge in [0.2, 0.25) is 0 Å². The van der Waals surface area contributed by atoms with E-state index in [0.717, 1.165) is 28.6 Å². The van der Waals surface area contributed by atoms with Gasteiger partial charge in [-0.15, -0.1) is 0 Å². The Morgan fingerprint density at radius 2 is 1.85 bits per heavy atom. The summed E-state index contributed by atoms with van der Waals surface area (Å²) in [6, 6.07) is 5.92. The van der Waals surface area contributed by atoms with Crippen molar-refractivity contribution >= 4 is 0 Å². The SMILES string of the molecule is CNC(Cc1ccc(F)c(F)c1)c1cc(C)nnc1C. The number of nitrogens with one attached hydrogen (secondary N) is 1. The number of hydrogen-bond acceptors (Lipinski definition) is 3. The Hall–Kier alpha value is -1.88. The van der Waals surface area contributed by atoms with Crippen LogP contribution in [0.25, 0.3) is 0 Å². The van der Waals surface area contributed by atoms with E-state index in [0.29, 0.717) is 6.42 Å². The number of halogens is 2. The van der Waals surface area contributed by atoms with Crippen LogP contribution in [0.5, 0.6) is 0 Å². The van der Waals surface area contributed by atoms with Crippen LogP contribution in [0.15, 0.2) is 24.3 Å². The molecule has 0 saturated heterocycles. The van der Waals surface area contributed by atoms with E-state index in [1.165, 1.54) is 6.07 Å². The van der Waals surface area contributed by atoms with E-state index < -0.39 is 11.6 Å². The highest BCUT2D eigenvalue weighted by Gasteiger charge is 2.15. The standard InChI is InChI=1S/C15H17F2N3/c1-9-6-12(10(2)20-19-9)15(18-3)8-11-4-5-13(16)14(17)7-11/h4-7,15,18H,8H2,1-3H3. The summed E-state index contributed by atoms with van der Waals surface area (Å²) in [5.74, 6) is -1.65. The number of hydrogen-bond donors (Lipinski definition) is 1. The molecule has 0 amide bonds. The van der Waals surface area contributed by atoms with Crippen molar-refractivity contribution in [2.24, 2.45) is 0 Å². The predicted octanol–water partition coefficient (Wildman–Crippen LogP) is 2.87. The maximum atomic E-state index is 13.3. The summed E-state index contributed by atoms with van der Waals surface area (Å²) in [6.07, 6.45) is 0.555. The molecule has 20 heavy (non-hydrogen) atoms. The molecule has 0 fully saturated rings. The lowest BCUT2D eigenvalue weighted by Crippen LogP contribution is -2.21. The van der Waals surface area contributed by atoms with Crippen molar-refractivity contribution in [3.8, 4) is 0 Å². The van der Waals surface area contributed by atoms with Crippen LogP contribution in [0.2, 0.25) is 0 Å². The minimum absolute atomic E-state index is 0.0194. The summed E-state index contributed by atoms with van der Waals surface area (Å²) in [7, 11) is 1.83. The van der Waals surface area contributed by atoms with Crippen LogP contribution in [0.1, 0.15) is 28.6 Å². The highest BCUT2D eigenvalue weighted by molar-refractivity contribution is 5.27. The second-order valence-corrected chi connectivity index (χ2v) is 4.82. The van der Waals surface area contributed by atoms with Crippen LogP contribution >= 0.6 is 0 Å². The fraction of sp³-hybridized carbons (Fsp3) is 0.333. The molecule has 0 saturated carbocycles. The van der Waals surface area contributed by atoms with Gasteiger partial charge in [-0.2, -0.15) is 10.2 Å². The van der Waals surface area contributed by atoms with E-state index in [4.69, 9.17) is 0 Å². The first kappa shape index (κ1) is 14.5. The summed E-state index contributed by atoms with van der Waals surface area (Å²) in [6.45, 7) is 3.76. The zero-order valence-electron chi connectivity index (χ0n) is 11.7. The molecule has 106 valence electrons. The maximum Gasteiger partial charge on any atom is 0.159 e. The average molecular weight is 277 g/mol. The van der Waals surface area contributed by atoms with Crippen LogP contribution < -0.4 is 5.32 Å². The molecule has 0 aliphatic carbocycles. The molecule has 2 rings (SSSR count). The fourth-order valence-electron chi connectivity index (χ4n) is 2.19. The molecule has 0 aliphatic heterocycles. The van der Waals surface area contributed by atoms with Gasteiger partial charge in [0, 0.05) is 6.04 Å². The van der Waals surface area contributed by atoms with Crippen molar-refractivity contribution in [1.29, 1.82) is 0 Å². The minimum Gasteiger partial charge on any atom is -0.313 e. The van der Waals surface area contributed by atoms with Crippen molar-refractivity contribution in [2.75, 3.05) is 7.05 Å². The fourth-order valence-corrected chi connectivity index (χ4v) is 2.19. The van der Waals surface area contributed by atoms with E-state index >= 15 is 0 Å². The lowest BCUT2D eigenvalue weighted by molar-refractivity contribution is 0.504. The molecule has 1 aromatic heterocycles. The normalized spacial score (nSPS) is 12.4. The molecule has 0 aliphatic rings. The molecule has 0 spiro atoms. The van der Waals surface area contributed by atoms with Gasteiger partial charge in [-0.25, -0.2) is 8.78 Å². The van der Waals surface area contributed by atoms with Gasteiger partial charge in [0.25, 0.3) is 0 Å².